The zero-order chi connectivity index (χ0) is 29.0. The fourth-order valence-electron chi connectivity index (χ4n) is 4.48. The molecular formula is C31H38ClN3O4S. The van der Waals surface area contributed by atoms with Crippen LogP contribution in [-0.2, 0) is 32.6 Å². The largest absolute Gasteiger partial charge is 0.354 e. The second kappa shape index (κ2) is 15.4. The highest BCUT2D eigenvalue weighted by Crippen LogP contribution is 2.23. The Hall–Kier alpha value is -3.36. The Labute approximate surface area is 243 Å². The molecule has 3 aromatic carbocycles. The number of amides is 2. The van der Waals surface area contributed by atoms with Crippen molar-refractivity contribution in [1.29, 1.82) is 0 Å². The molecule has 0 aliphatic heterocycles. The fraction of sp³-hybridized carbons (Fsp3) is 0.355. The van der Waals surface area contributed by atoms with Crippen LogP contribution in [0.1, 0.15) is 43.7 Å². The highest BCUT2D eigenvalue weighted by atomic mass is 35.5. The van der Waals surface area contributed by atoms with E-state index in [2.05, 4.69) is 12.2 Å². The number of rotatable bonds is 15. The molecule has 214 valence electrons. The summed E-state index contributed by atoms with van der Waals surface area (Å²) in [5.74, 6) is -0.409. The van der Waals surface area contributed by atoms with Gasteiger partial charge in [-0.05, 0) is 42.2 Å². The lowest BCUT2D eigenvalue weighted by Gasteiger charge is -2.32. The quantitative estimate of drug-likeness (QED) is 0.241. The Balaban J connectivity index is 1.84. The van der Waals surface area contributed by atoms with Gasteiger partial charge in [-0.15, -0.1) is 0 Å². The number of unbranched alkanes of at least 4 members (excludes halogenated alkanes) is 1. The summed E-state index contributed by atoms with van der Waals surface area (Å²) in [6.07, 6.45) is 3.65. The Morgan fingerprint density at radius 2 is 1.55 bits per heavy atom. The number of anilines is 1. The van der Waals surface area contributed by atoms with Gasteiger partial charge in [-0.25, -0.2) is 8.42 Å². The molecule has 1 unspecified atom stereocenters. The van der Waals surface area contributed by atoms with Crippen LogP contribution in [0.3, 0.4) is 0 Å². The van der Waals surface area contributed by atoms with Crippen molar-refractivity contribution >= 4 is 39.1 Å². The molecule has 0 radical (unpaired) electrons. The van der Waals surface area contributed by atoms with Crippen LogP contribution in [0.25, 0.3) is 0 Å². The standard InChI is InChI=1S/C31H38ClN3O4S/c1-3-4-20-33-31(37)29(22-25-13-7-5-8-14-25)34(24-26-15-9-6-10-16-26)30(36)19-12-21-35(40(2,38)39)28-18-11-17-27(32)23-28/h5-11,13-18,23,29H,3-4,12,19-22,24H2,1-2H3,(H,33,37). The average Bonchev–Trinajstić information content (AvgIpc) is 2.93. The molecule has 0 saturated heterocycles. The van der Waals surface area contributed by atoms with E-state index >= 15 is 0 Å². The maximum Gasteiger partial charge on any atom is 0.243 e. The molecule has 3 rings (SSSR count). The van der Waals surface area contributed by atoms with Crippen molar-refractivity contribution in [3.63, 3.8) is 0 Å². The van der Waals surface area contributed by atoms with Gasteiger partial charge in [0.05, 0.1) is 11.9 Å². The third kappa shape index (κ3) is 9.68. The minimum Gasteiger partial charge on any atom is -0.354 e. The maximum absolute atomic E-state index is 13.8. The van der Waals surface area contributed by atoms with E-state index < -0.39 is 16.1 Å². The smallest absolute Gasteiger partial charge is 0.243 e. The predicted molar refractivity (Wildman–Crippen MR) is 162 cm³/mol. The number of nitrogens with zero attached hydrogens (tertiary/aromatic N) is 2. The molecule has 0 spiro atoms. The van der Waals surface area contributed by atoms with Crippen LogP contribution in [0.2, 0.25) is 5.02 Å². The molecule has 0 aliphatic carbocycles. The molecule has 2 amide bonds. The molecule has 7 nitrogen and oxygen atoms in total. The summed E-state index contributed by atoms with van der Waals surface area (Å²) in [6, 6.07) is 25.1. The fourth-order valence-corrected chi connectivity index (χ4v) is 5.62. The van der Waals surface area contributed by atoms with Crippen molar-refractivity contribution in [3.05, 3.63) is 101 Å². The van der Waals surface area contributed by atoms with Crippen molar-refractivity contribution in [3.8, 4) is 0 Å². The van der Waals surface area contributed by atoms with E-state index in [4.69, 9.17) is 11.6 Å². The summed E-state index contributed by atoms with van der Waals surface area (Å²) in [7, 11) is -3.60. The minimum atomic E-state index is -3.60. The van der Waals surface area contributed by atoms with Crippen molar-refractivity contribution in [1.82, 2.24) is 10.2 Å². The molecular weight excluding hydrogens is 546 g/mol. The Bertz CT molecular complexity index is 1340. The third-order valence-electron chi connectivity index (χ3n) is 6.54. The lowest BCUT2D eigenvalue weighted by molar-refractivity contribution is -0.141. The molecule has 1 atom stereocenters. The van der Waals surface area contributed by atoms with Crippen LogP contribution in [0, 0.1) is 0 Å². The van der Waals surface area contributed by atoms with Crippen LogP contribution in [0.4, 0.5) is 5.69 Å². The van der Waals surface area contributed by atoms with E-state index in [0.717, 1.165) is 30.2 Å². The Kier molecular flexibility index (Phi) is 12.0. The van der Waals surface area contributed by atoms with E-state index in [-0.39, 0.29) is 37.7 Å². The normalized spacial score (nSPS) is 12.0. The monoisotopic (exact) mass is 583 g/mol. The maximum atomic E-state index is 13.8. The first-order chi connectivity index (χ1) is 19.2. The van der Waals surface area contributed by atoms with Crippen LogP contribution < -0.4 is 9.62 Å². The molecule has 9 heteroatoms. The molecule has 0 heterocycles. The van der Waals surface area contributed by atoms with Crippen molar-refractivity contribution in [2.24, 2.45) is 0 Å². The molecule has 0 fully saturated rings. The molecule has 0 bridgehead atoms. The van der Waals surface area contributed by atoms with E-state index in [1.54, 1.807) is 29.2 Å². The molecule has 3 aromatic rings. The first-order valence-corrected chi connectivity index (χ1v) is 15.8. The van der Waals surface area contributed by atoms with Crippen LogP contribution in [-0.4, -0.2) is 50.5 Å². The van der Waals surface area contributed by atoms with Crippen molar-refractivity contribution in [2.45, 2.75) is 51.6 Å². The van der Waals surface area contributed by atoms with Gasteiger partial charge in [0, 0.05) is 37.5 Å². The van der Waals surface area contributed by atoms with Crippen LogP contribution in [0.15, 0.2) is 84.9 Å². The van der Waals surface area contributed by atoms with Gasteiger partial charge >= 0.3 is 0 Å². The van der Waals surface area contributed by atoms with Gasteiger partial charge in [-0.1, -0.05) is 91.7 Å². The zero-order valence-electron chi connectivity index (χ0n) is 23.1. The summed E-state index contributed by atoms with van der Waals surface area (Å²) in [5.41, 5.74) is 2.31. The first kappa shape index (κ1) is 31.2. The number of nitrogens with one attached hydrogen (secondary N) is 1. The molecule has 0 aromatic heterocycles. The van der Waals surface area contributed by atoms with Gasteiger partial charge in [0.2, 0.25) is 21.8 Å². The topological polar surface area (TPSA) is 86.8 Å². The number of hydrogen-bond acceptors (Lipinski definition) is 4. The number of benzene rings is 3. The Morgan fingerprint density at radius 1 is 0.900 bits per heavy atom. The number of carbonyl (C=O) groups excluding carboxylic acids is 2. The highest BCUT2D eigenvalue weighted by molar-refractivity contribution is 7.92. The predicted octanol–water partition coefficient (Wildman–Crippen LogP) is 5.44. The van der Waals surface area contributed by atoms with Crippen molar-refractivity contribution < 1.29 is 18.0 Å². The summed E-state index contributed by atoms with van der Waals surface area (Å²) in [5, 5.41) is 3.44. The minimum absolute atomic E-state index is 0.0763. The number of sulfonamides is 1. The zero-order valence-corrected chi connectivity index (χ0v) is 24.7. The first-order valence-electron chi connectivity index (χ1n) is 13.6. The highest BCUT2D eigenvalue weighted by Gasteiger charge is 2.30. The summed E-state index contributed by atoms with van der Waals surface area (Å²) in [4.78, 5) is 28.9. The molecule has 0 aliphatic rings. The van der Waals surface area contributed by atoms with Crippen LogP contribution >= 0.6 is 11.6 Å². The summed E-state index contributed by atoms with van der Waals surface area (Å²) >= 11 is 6.10. The lowest BCUT2D eigenvalue weighted by atomic mass is 10.0. The molecule has 1 N–H and O–H groups in total. The van der Waals surface area contributed by atoms with Crippen LogP contribution in [0.5, 0.6) is 0 Å². The second-order valence-corrected chi connectivity index (χ2v) is 12.1. The Morgan fingerprint density at radius 3 is 2.15 bits per heavy atom. The van der Waals surface area contributed by atoms with Gasteiger partial charge in [-0.2, -0.15) is 0 Å². The SMILES string of the molecule is CCCCNC(=O)C(Cc1ccccc1)N(Cc1ccccc1)C(=O)CCCN(c1cccc(Cl)c1)S(C)(=O)=O. The van der Waals surface area contributed by atoms with E-state index in [9.17, 15) is 18.0 Å². The van der Waals surface area contributed by atoms with Crippen molar-refractivity contribution in [2.75, 3.05) is 23.7 Å². The van der Waals surface area contributed by atoms with Gasteiger partial charge in [0.15, 0.2) is 0 Å². The van der Waals surface area contributed by atoms with E-state index in [1.165, 1.54) is 4.31 Å². The number of halogens is 1. The van der Waals surface area contributed by atoms with Gasteiger partial charge in [0.1, 0.15) is 6.04 Å². The number of carbonyl (C=O) groups is 2. The number of hydrogen-bond donors (Lipinski definition) is 1. The average molecular weight is 584 g/mol. The summed E-state index contributed by atoms with van der Waals surface area (Å²) < 4.78 is 26.4. The second-order valence-electron chi connectivity index (χ2n) is 9.78. The summed E-state index contributed by atoms with van der Waals surface area (Å²) in [6.45, 7) is 2.97. The van der Waals surface area contributed by atoms with Gasteiger partial charge in [-0.3, -0.25) is 13.9 Å². The third-order valence-corrected chi connectivity index (χ3v) is 7.97. The molecule has 0 saturated carbocycles. The molecule has 40 heavy (non-hydrogen) atoms. The van der Waals surface area contributed by atoms with E-state index in [0.29, 0.717) is 23.7 Å². The van der Waals surface area contributed by atoms with E-state index in [1.807, 2.05) is 60.7 Å². The lowest BCUT2D eigenvalue weighted by Crippen LogP contribution is -2.50. The van der Waals surface area contributed by atoms with Gasteiger partial charge < -0.3 is 10.2 Å². The van der Waals surface area contributed by atoms with Gasteiger partial charge in [0.25, 0.3) is 0 Å².